The van der Waals surface area contributed by atoms with Crippen molar-refractivity contribution >= 4 is 22.6 Å². The predicted molar refractivity (Wildman–Crippen MR) is 180 cm³/mol. The Kier molecular flexibility index (Phi) is 10.0. The second-order valence-corrected chi connectivity index (χ2v) is 12.2. The van der Waals surface area contributed by atoms with Crippen LogP contribution < -0.4 is 5.32 Å². The number of hydrogen-bond donors (Lipinski definition) is 3. The number of nitrogens with one attached hydrogen (secondary N) is 1. The highest BCUT2D eigenvalue weighted by Gasteiger charge is 2.39. The number of aromatic nitrogens is 2. The molecule has 1 aliphatic heterocycles. The summed E-state index contributed by atoms with van der Waals surface area (Å²) in [7, 11) is 1.99. The van der Waals surface area contributed by atoms with E-state index < -0.39 is 12.4 Å². The van der Waals surface area contributed by atoms with Crippen molar-refractivity contribution in [1.29, 1.82) is 0 Å². The Labute approximate surface area is 274 Å². The third-order valence-electron chi connectivity index (χ3n) is 8.98. The van der Waals surface area contributed by atoms with Gasteiger partial charge in [0, 0.05) is 29.8 Å². The number of nitrogens with zero attached hydrogens (tertiary/aromatic N) is 3. The minimum Gasteiger partial charge on any atom is -0.392 e. The number of aliphatic hydroxyl groups excluding tert-OH is 2. The lowest BCUT2D eigenvalue weighted by molar-refractivity contribution is -0.276. The Bertz CT molecular complexity index is 1800. The van der Waals surface area contributed by atoms with Crippen molar-refractivity contribution in [3.8, 4) is 0 Å². The molecule has 3 N–H and O–H groups in total. The highest BCUT2D eigenvalue weighted by atomic mass is 16.7. The van der Waals surface area contributed by atoms with Gasteiger partial charge in [0.1, 0.15) is 5.69 Å². The molecule has 0 saturated carbocycles. The van der Waals surface area contributed by atoms with E-state index in [2.05, 4.69) is 27.1 Å². The van der Waals surface area contributed by atoms with Gasteiger partial charge in [0.15, 0.2) is 6.29 Å². The van der Waals surface area contributed by atoms with Crippen molar-refractivity contribution in [2.75, 3.05) is 18.9 Å². The summed E-state index contributed by atoms with van der Waals surface area (Å²) < 4.78 is 13.3. The van der Waals surface area contributed by atoms with E-state index in [4.69, 9.17) is 9.47 Å². The van der Waals surface area contributed by atoms with E-state index in [9.17, 15) is 15.0 Å². The highest BCUT2D eigenvalue weighted by Crippen LogP contribution is 2.42. The molecule has 242 valence electrons. The Morgan fingerprint density at radius 2 is 1.64 bits per heavy atom. The molecule has 0 bridgehead atoms. The minimum absolute atomic E-state index is 0.0363. The van der Waals surface area contributed by atoms with Gasteiger partial charge in [0.2, 0.25) is 0 Å². The number of para-hydroxylation sites is 2. The molecule has 5 aromatic rings. The first-order valence-corrected chi connectivity index (χ1v) is 15.9. The van der Waals surface area contributed by atoms with Crippen LogP contribution in [-0.2, 0) is 16.1 Å². The summed E-state index contributed by atoms with van der Waals surface area (Å²) >= 11 is 0. The zero-order valence-electron chi connectivity index (χ0n) is 26.7. The van der Waals surface area contributed by atoms with Gasteiger partial charge in [-0.05, 0) is 54.9 Å². The zero-order chi connectivity index (χ0) is 32.9. The van der Waals surface area contributed by atoms with Crippen molar-refractivity contribution in [2.24, 2.45) is 5.92 Å². The number of aliphatic hydroxyl groups is 2. The molecule has 6 rings (SSSR count). The van der Waals surface area contributed by atoms with Gasteiger partial charge in [0.05, 0.1) is 42.1 Å². The number of amides is 1. The molecule has 4 aromatic carbocycles. The average molecular weight is 633 g/mol. The predicted octanol–water partition coefficient (Wildman–Crippen LogP) is 6.22. The normalized spacial score (nSPS) is 21.0. The Balaban J connectivity index is 1.23. The molecule has 0 spiro atoms. The molecule has 47 heavy (non-hydrogen) atoms. The van der Waals surface area contributed by atoms with Crippen LogP contribution in [0.2, 0.25) is 0 Å². The van der Waals surface area contributed by atoms with Crippen molar-refractivity contribution in [1.82, 2.24) is 14.9 Å². The van der Waals surface area contributed by atoms with Crippen LogP contribution in [0.15, 0.2) is 109 Å². The van der Waals surface area contributed by atoms with E-state index >= 15 is 0 Å². The van der Waals surface area contributed by atoms with Gasteiger partial charge in [-0.1, -0.05) is 85.8 Å². The summed E-state index contributed by atoms with van der Waals surface area (Å²) in [4.78, 5) is 24.1. The Morgan fingerprint density at radius 3 is 2.38 bits per heavy atom. The van der Waals surface area contributed by atoms with Crippen LogP contribution in [0.25, 0.3) is 11.0 Å². The van der Waals surface area contributed by atoms with E-state index in [1.54, 1.807) is 0 Å². The standard InChI is InChI=1S/C38H40N4O5/c1-24-34(22-42(3)25(2)35(44)27-10-5-4-6-11-27)46-38(47-36(24)28-18-16-26(23-43)17-19-28)29-12-9-13-30(20-29)40-37(45)33-21-39-31-14-7-8-15-32(31)41-33/h4-21,24-25,34-36,38,43-44H,22-23H2,1-3H3,(H,40,45). The van der Waals surface area contributed by atoms with Crippen LogP contribution in [0, 0.1) is 5.92 Å². The minimum atomic E-state index is -0.723. The van der Waals surface area contributed by atoms with Crippen LogP contribution in [0.5, 0.6) is 0 Å². The molecule has 6 unspecified atom stereocenters. The Hall–Kier alpha value is -4.51. The molecule has 2 heterocycles. The lowest BCUT2D eigenvalue weighted by Crippen LogP contribution is -2.46. The number of rotatable bonds is 10. The molecule has 1 aromatic heterocycles. The van der Waals surface area contributed by atoms with Gasteiger partial charge in [0.25, 0.3) is 5.91 Å². The second-order valence-electron chi connectivity index (χ2n) is 12.2. The molecule has 0 aliphatic carbocycles. The number of carbonyl (C=O) groups excluding carboxylic acids is 1. The molecule has 0 radical (unpaired) electrons. The van der Waals surface area contributed by atoms with Crippen LogP contribution in [0.4, 0.5) is 5.69 Å². The van der Waals surface area contributed by atoms with Crippen molar-refractivity contribution < 1.29 is 24.5 Å². The summed E-state index contributed by atoms with van der Waals surface area (Å²) in [6, 6.07) is 32.1. The van der Waals surface area contributed by atoms with E-state index in [0.717, 1.165) is 27.8 Å². The molecule has 6 atom stereocenters. The first kappa shape index (κ1) is 32.4. The summed E-state index contributed by atoms with van der Waals surface area (Å²) in [5.74, 6) is -0.407. The summed E-state index contributed by atoms with van der Waals surface area (Å²) in [5, 5.41) is 23.7. The SMILES string of the molecule is CC1C(CN(C)C(C)C(O)c2ccccc2)OC(c2cccc(NC(=O)c3cnc4ccccc4n3)c2)OC1c1ccc(CO)cc1. The molecule has 1 amide bonds. The lowest BCUT2D eigenvalue weighted by atomic mass is 9.89. The van der Waals surface area contributed by atoms with Crippen LogP contribution in [-0.4, -0.2) is 56.7 Å². The van der Waals surface area contributed by atoms with E-state index in [1.165, 1.54) is 6.20 Å². The first-order valence-electron chi connectivity index (χ1n) is 15.9. The van der Waals surface area contributed by atoms with Gasteiger partial charge in [-0.25, -0.2) is 4.98 Å². The van der Waals surface area contributed by atoms with Gasteiger partial charge >= 0.3 is 0 Å². The quantitative estimate of drug-likeness (QED) is 0.166. The summed E-state index contributed by atoms with van der Waals surface area (Å²) in [6.07, 6.45) is -0.474. The topological polar surface area (TPSA) is 117 Å². The van der Waals surface area contributed by atoms with Crippen LogP contribution in [0.1, 0.15) is 65.1 Å². The maximum absolute atomic E-state index is 13.2. The van der Waals surface area contributed by atoms with Gasteiger partial charge in [-0.3, -0.25) is 14.7 Å². The van der Waals surface area contributed by atoms with Crippen molar-refractivity contribution in [3.05, 3.63) is 137 Å². The number of carbonyl (C=O) groups is 1. The monoisotopic (exact) mass is 632 g/mol. The Morgan fingerprint density at radius 1 is 0.915 bits per heavy atom. The number of hydrogen-bond acceptors (Lipinski definition) is 8. The molecule has 1 fully saturated rings. The zero-order valence-corrected chi connectivity index (χ0v) is 26.7. The number of fused-ring (bicyclic) bond motifs is 1. The number of benzene rings is 4. The molecule has 9 heteroatoms. The number of likely N-dealkylation sites (N-methyl/N-ethyl adjacent to an activating group) is 1. The lowest BCUT2D eigenvalue weighted by Gasteiger charge is -2.43. The maximum Gasteiger partial charge on any atom is 0.275 e. The summed E-state index contributed by atoms with van der Waals surface area (Å²) in [6.45, 7) is 4.63. The van der Waals surface area contributed by atoms with Gasteiger partial charge < -0.3 is 25.0 Å². The smallest absolute Gasteiger partial charge is 0.275 e. The van der Waals surface area contributed by atoms with Gasteiger partial charge in [-0.2, -0.15) is 0 Å². The number of ether oxygens (including phenoxy) is 2. The third kappa shape index (κ3) is 7.40. The molecule has 9 nitrogen and oxygen atoms in total. The first-order chi connectivity index (χ1) is 22.8. The molecule has 1 aliphatic rings. The fourth-order valence-electron chi connectivity index (χ4n) is 5.97. The van der Waals surface area contributed by atoms with Crippen LogP contribution >= 0.6 is 0 Å². The largest absolute Gasteiger partial charge is 0.392 e. The molecule has 1 saturated heterocycles. The van der Waals surface area contributed by atoms with E-state index in [1.807, 2.05) is 117 Å². The van der Waals surface area contributed by atoms with Crippen molar-refractivity contribution in [2.45, 2.75) is 51.1 Å². The molecular weight excluding hydrogens is 592 g/mol. The van der Waals surface area contributed by atoms with E-state index in [-0.39, 0.29) is 42.4 Å². The van der Waals surface area contributed by atoms with Crippen LogP contribution in [0.3, 0.4) is 0 Å². The van der Waals surface area contributed by atoms with Crippen molar-refractivity contribution in [3.63, 3.8) is 0 Å². The van der Waals surface area contributed by atoms with E-state index in [0.29, 0.717) is 17.7 Å². The second kappa shape index (κ2) is 14.5. The summed E-state index contributed by atoms with van der Waals surface area (Å²) in [5.41, 5.74) is 5.57. The molecular formula is C38H40N4O5. The number of anilines is 1. The van der Waals surface area contributed by atoms with Gasteiger partial charge in [-0.15, -0.1) is 0 Å². The average Bonchev–Trinajstić information content (AvgIpc) is 3.12. The fraction of sp³-hybridized carbons (Fsp3) is 0.289. The third-order valence-corrected chi connectivity index (χ3v) is 8.98. The highest BCUT2D eigenvalue weighted by molar-refractivity contribution is 6.03. The fourth-order valence-corrected chi connectivity index (χ4v) is 5.97. The maximum atomic E-state index is 13.2.